The highest BCUT2D eigenvalue weighted by Gasteiger charge is 2.38. The van der Waals surface area contributed by atoms with Gasteiger partial charge in [-0.15, -0.1) is 0 Å². The Morgan fingerprint density at radius 2 is 2.45 bits per heavy atom. The number of carbonyl (C=O) groups is 1. The zero-order valence-electron chi connectivity index (χ0n) is 6.67. The minimum Gasteiger partial charge on any atom is -0.469 e. The molecule has 0 aromatic carbocycles. The fourth-order valence-electron chi connectivity index (χ4n) is 2.17. The molecule has 0 aromatic heterocycles. The quantitative estimate of drug-likeness (QED) is 0.420. The summed E-state index contributed by atoms with van der Waals surface area (Å²) in [7, 11) is 1.47. The number of hydrogen-bond donors (Lipinski definition) is 0. The van der Waals surface area contributed by atoms with Gasteiger partial charge in [-0.05, 0) is 25.2 Å². The normalized spacial score (nSPS) is 33.7. The van der Waals surface area contributed by atoms with Crippen LogP contribution in [-0.4, -0.2) is 13.1 Å². The summed E-state index contributed by atoms with van der Waals surface area (Å²) < 4.78 is 4.72. The summed E-state index contributed by atoms with van der Waals surface area (Å²) in [4.78, 5) is 11.2. The Balaban J connectivity index is 2.09. The Labute approximate surface area is 66.2 Å². The smallest absolute Gasteiger partial charge is 0.309 e. The van der Waals surface area contributed by atoms with Gasteiger partial charge in [0.15, 0.2) is 0 Å². The summed E-state index contributed by atoms with van der Waals surface area (Å²) in [6.45, 7) is 0. The van der Waals surface area contributed by atoms with Gasteiger partial charge in [-0.25, -0.2) is 0 Å². The van der Waals surface area contributed by atoms with E-state index in [1.54, 1.807) is 0 Å². The first kappa shape index (κ1) is 6.89. The molecule has 2 unspecified atom stereocenters. The van der Waals surface area contributed by atoms with Gasteiger partial charge in [0, 0.05) is 0 Å². The molecular weight excluding hydrogens is 140 g/mol. The van der Waals surface area contributed by atoms with Gasteiger partial charge in [-0.1, -0.05) is 11.6 Å². The molecule has 1 fully saturated rings. The highest BCUT2D eigenvalue weighted by molar-refractivity contribution is 5.74. The molecule has 2 nitrogen and oxygen atoms in total. The third-order valence-electron chi connectivity index (χ3n) is 2.79. The lowest BCUT2D eigenvalue weighted by Crippen LogP contribution is -2.20. The van der Waals surface area contributed by atoms with Gasteiger partial charge in [0.05, 0.1) is 13.0 Å². The number of allylic oxidation sites excluding steroid dienone is 2. The van der Waals surface area contributed by atoms with Crippen molar-refractivity contribution in [3.05, 3.63) is 11.6 Å². The van der Waals surface area contributed by atoms with Gasteiger partial charge in [0.1, 0.15) is 0 Å². The molecule has 0 aromatic rings. The van der Waals surface area contributed by atoms with E-state index >= 15 is 0 Å². The van der Waals surface area contributed by atoms with E-state index in [2.05, 4.69) is 6.08 Å². The van der Waals surface area contributed by atoms with Crippen molar-refractivity contribution < 1.29 is 9.53 Å². The molecule has 2 aliphatic rings. The summed E-state index contributed by atoms with van der Waals surface area (Å²) in [5.41, 5.74) is 1.46. The van der Waals surface area contributed by atoms with Crippen molar-refractivity contribution in [1.29, 1.82) is 0 Å². The zero-order valence-corrected chi connectivity index (χ0v) is 6.67. The van der Waals surface area contributed by atoms with E-state index < -0.39 is 0 Å². The molecule has 2 rings (SSSR count). The minimum atomic E-state index is -0.0156. The van der Waals surface area contributed by atoms with Crippen LogP contribution in [0.1, 0.15) is 19.3 Å². The molecule has 0 heterocycles. The molecule has 2 atom stereocenters. The molecule has 2 bridgehead atoms. The maximum Gasteiger partial charge on any atom is 0.309 e. The zero-order chi connectivity index (χ0) is 7.84. The number of rotatable bonds is 1. The van der Waals surface area contributed by atoms with Gasteiger partial charge in [-0.3, -0.25) is 4.79 Å². The van der Waals surface area contributed by atoms with Crippen molar-refractivity contribution >= 4 is 5.97 Å². The Hall–Kier alpha value is -0.790. The molecular formula is C9H12O2. The van der Waals surface area contributed by atoms with E-state index in [1.165, 1.54) is 12.7 Å². The Morgan fingerprint density at radius 1 is 1.64 bits per heavy atom. The van der Waals surface area contributed by atoms with E-state index in [1.807, 2.05) is 0 Å². The topological polar surface area (TPSA) is 26.3 Å². The van der Waals surface area contributed by atoms with Crippen LogP contribution in [0.2, 0.25) is 0 Å². The lowest BCUT2D eigenvalue weighted by molar-refractivity contribution is -0.146. The monoisotopic (exact) mass is 152 g/mol. The fraction of sp³-hybridized carbons (Fsp3) is 0.667. The van der Waals surface area contributed by atoms with Crippen LogP contribution in [0, 0.1) is 11.8 Å². The average Bonchev–Trinajstić information content (AvgIpc) is 2.62. The van der Waals surface area contributed by atoms with Crippen LogP contribution in [0.25, 0.3) is 0 Å². The highest BCUT2D eigenvalue weighted by atomic mass is 16.5. The summed E-state index contributed by atoms with van der Waals surface area (Å²) >= 11 is 0. The number of methoxy groups -OCH3 is 1. The predicted molar refractivity (Wildman–Crippen MR) is 40.9 cm³/mol. The molecule has 0 spiro atoms. The van der Waals surface area contributed by atoms with Crippen molar-refractivity contribution in [1.82, 2.24) is 0 Å². The predicted octanol–water partition coefficient (Wildman–Crippen LogP) is 1.52. The number of fused-ring (bicyclic) bond motifs is 2. The standard InChI is InChI=1S/C9H12O2/c1-11-9(10)8-5-6-2-3-7(8)4-6/h2,7-8H,3-5H2,1H3. The Bertz CT molecular complexity index is 218. The average molecular weight is 152 g/mol. The van der Waals surface area contributed by atoms with Crippen molar-refractivity contribution in [3.63, 3.8) is 0 Å². The fourth-order valence-corrected chi connectivity index (χ4v) is 2.17. The van der Waals surface area contributed by atoms with Crippen LogP contribution in [0.15, 0.2) is 11.6 Å². The molecule has 0 aliphatic heterocycles. The van der Waals surface area contributed by atoms with Crippen LogP contribution >= 0.6 is 0 Å². The van der Waals surface area contributed by atoms with E-state index in [-0.39, 0.29) is 11.9 Å². The van der Waals surface area contributed by atoms with Gasteiger partial charge in [0.2, 0.25) is 0 Å². The maximum absolute atomic E-state index is 11.2. The summed E-state index contributed by atoms with van der Waals surface area (Å²) in [5.74, 6) is 0.732. The molecule has 2 aliphatic carbocycles. The SMILES string of the molecule is COC(=O)C1CC2=CCC1C2. The number of esters is 1. The van der Waals surface area contributed by atoms with E-state index in [0.717, 1.165) is 19.3 Å². The van der Waals surface area contributed by atoms with Crippen LogP contribution in [0.4, 0.5) is 0 Å². The molecule has 0 amide bonds. The molecule has 1 saturated carbocycles. The Kier molecular flexibility index (Phi) is 1.48. The molecule has 0 N–H and O–H groups in total. The lowest BCUT2D eigenvalue weighted by atomic mass is 9.92. The van der Waals surface area contributed by atoms with Crippen molar-refractivity contribution in [3.8, 4) is 0 Å². The molecule has 11 heavy (non-hydrogen) atoms. The van der Waals surface area contributed by atoms with Gasteiger partial charge in [-0.2, -0.15) is 0 Å². The second-order valence-electron chi connectivity index (χ2n) is 3.40. The van der Waals surface area contributed by atoms with E-state index in [0.29, 0.717) is 5.92 Å². The van der Waals surface area contributed by atoms with Gasteiger partial charge in [0.25, 0.3) is 0 Å². The van der Waals surface area contributed by atoms with E-state index in [4.69, 9.17) is 4.74 Å². The first-order valence-corrected chi connectivity index (χ1v) is 4.07. The van der Waals surface area contributed by atoms with Crippen molar-refractivity contribution in [2.45, 2.75) is 19.3 Å². The molecule has 0 saturated heterocycles. The molecule has 0 radical (unpaired) electrons. The minimum absolute atomic E-state index is 0.0156. The van der Waals surface area contributed by atoms with E-state index in [9.17, 15) is 4.79 Å². The summed E-state index contributed by atoms with van der Waals surface area (Å²) in [6.07, 6.45) is 5.45. The third-order valence-corrected chi connectivity index (χ3v) is 2.79. The maximum atomic E-state index is 11.2. The largest absolute Gasteiger partial charge is 0.469 e. The first-order valence-electron chi connectivity index (χ1n) is 4.07. The van der Waals surface area contributed by atoms with Crippen molar-refractivity contribution in [2.75, 3.05) is 7.11 Å². The van der Waals surface area contributed by atoms with Crippen LogP contribution < -0.4 is 0 Å². The summed E-state index contributed by atoms with van der Waals surface area (Å²) in [5, 5.41) is 0. The number of carbonyl (C=O) groups excluding carboxylic acids is 1. The lowest BCUT2D eigenvalue weighted by Gasteiger charge is -2.15. The highest BCUT2D eigenvalue weighted by Crippen LogP contribution is 2.44. The summed E-state index contributed by atoms with van der Waals surface area (Å²) in [6, 6.07) is 0. The Morgan fingerprint density at radius 3 is 2.91 bits per heavy atom. The molecule has 60 valence electrons. The third kappa shape index (κ3) is 0.971. The van der Waals surface area contributed by atoms with Gasteiger partial charge < -0.3 is 4.74 Å². The van der Waals surface area contributed by atoms with Crippen LogP contribution in [-0.2, 0) is 9.53 Å². The second kappa shape index (κ2) is 2.36. The number of hydrogen-bond acceptors (Lipinski definition) is 2. The van der Waals surface area contributed by atoms with Crippen LogP contribution in [0.3, 0.4) is 0 Å². The number of ether oxygens (including phenoxy) is 1. The van der Waals surface area contributed by atoms with Gasteiger partial charge >= 0.3 is 5.97 Å². The molecule has 2 heteroatoms. The first-order chi connectivity index (χ1) is 5.31. The van der Waals surface area contributed by atoms with Crippen molar-refractivity contribution in [2.24, 2.45) is 11.8 Å². The van der Waals surface area contributed by atoms with Crippen LogP contribution in [0.5, 0.6) is 0 Å². The second-order valence-corrected chi connectivity index (χ2v) is 3.40.